The number of hydrogen-bond acceptors (Lipinski definition) is 19. The molecule has 386 valence electrons. The van der Waals surface area contributed by atoms with E-state index in [9.17, 15) is 66.4 Å². The number of rotatable bonds is 11. The van der Waals surface area contributed by atoms with Crippen LogP contribution in [-0.4, -0.2) is 204 Å². The molecular formula is C48H80O19. The van der Waals surface area contributed by atoms with E-state index in [-0.39, 0.29) is 47.2 Å². The van der Waals surface area contributed by atoms with Crippen molar-refractivity contribution in [2.45, 2.75) is 204 Å². The van der Waals surface area contributed by atoms with Gasteiger partial charge in [-0.2, -0.15) is 0 Å². The highest BCUT2D eigenvalue weighted by atomic mass is 16.7. The van der Waals surface area contributed by atoms with Crippen LogP contribution in [0.3, 0.4) is 0 Å². The number of aliphatic hydroxyl groups is 13. The average molecular weight is 961 g/mol. The minimum absolute atomic E-state index is 0.0119. The van der Waals surface area contributed by atoms with Crippen molar-refractivity contribution in [1.29, 1.82) is 0 Å². The fourth-order valence-electron chi connectivity index (χ4n) is 15.0. The summed E-state index contributed by atoms with van der Waals surface area (Å²) >= 11 is 0. The molecule has 25 atom stereocenters. The molecule has 4 saturated carbocycles. The molecule has 3 aliphatic heterocycles. The number of allylic oxidation sites excluding steroid dienone is 2. The van der Waals surface area contributed by atoms with Crippen LogP contribution in [0.2, 0.25) is 0 Å². The Balaban J connectivity index is 1.02. The quantitative estimate of drug-likeness (QED) is 0.106. The Morgan fingerprint density at radius 2 is 1.06 bits per heavy atom. The minimum Gasteiger partial charge on any atom is -0.394 e. The largest absolute Gasteiger partial charge is 0.394 e. The molecule has 5 aliphatic carbocycles. The third-order valence-electron chi connectivity index (χ3n) is 19.5. The van der Waals surface area contributed by atoms with Gasteiger partial charge in [-0.1, -0.05) is 53.2 Å². The molecule has 0 radical (unpaired) electrons. The van der Waals surface area contributed by atoms with Crippen LogP contribution >= 0.6 is 0 Å². The molecule has 3 heterocycles. The van der Waals surface area contributed by atoms with E-state index in [1.807, 2.05) is 6.92 Å². The molecular weight excluding hydrogens is 881 g/mol. The maximum absolute atomic E-state index is 12.8. The van der Waals surface area contributed by atoms with Crippen LogP contribution in [0.4, 0.5) is 0 Å². The van der Waals surface area contributed by atoms with Crippen molar-refractivity contribution in [2.24, 2.45) is 50.2 Å². The van der Waals surface area contributed by atoms with Gasteiger partial charge in [0.1, 0.15) is 73.2 Å². The van der Waals surface area contributed by atoms with Crippen LogP contribution in [0.15, 0.2) is 11.6 Å². The van der Waals surface area contributed by atoms with Crippen LogP contribution in [0, 0.1) is 50.2 Å². The van der Waals surface area contributed by atoms with Gasteiger partial charge in [-0.25, -0.2) is 0 Å². The van der Waals surface area contributed by atoms with Gasteiger partial charge in [-0.05, 0) is 97.2 Å². The second-order valence-corrected chi connectivity index (χ2v) is 23.6. The molecule has 0 bridgehead atoms. The maximum atomic E-state index is 12.8. The zero-order chi connectivity index (χ0) is 49.0. The van der Waals surface area contributed by atoms with Crippen molar-refractivity contribution >= 4 is 0 Å². The first-order chi connectivity index (χ1) is 31.3. The van der Waals surface area contributed by atoms with Crippen molar-refractivity contribution < 1.29 is 94.8 Å². The summed E-state index contributed by atoms with van der Waals surface area (Å²) < 4.78 is 35.5. The van der Waals surface area contributed by atoms with Crippen LogP contribution < -0.4 is 0 Å². The standard InChI is InChI=1S/C48H80O19/c1-43(2)13-14-48(21-64-42-39(61)36(58)33(55)26(67-42)19-62-40-37(59)34(56)31(53)24(17-49)65-40)23(15-43)22-7-8-28-44(3)11-10-29(51)45(4,20-63-41-38(60)35(57)32(54)25(18-50)66-41)27(44)9-12-46(28,5)47(22,6)16-30(48)52/h7,23-42,49-61H,8-21H2,1-6H3/t23-,24+,25+,26+,27+,28+,29-,30-,31+,32+,33+,34-,35-,36-,37+,38+,39+,40+,41+,42+,44-,45-,46+,47+,48+/m0/s1. The van der Waals surface area contributed by atoms with Gasteiger partial charge in [0.2, 0.25) is 0 Å². The van der Waals surface area contributed by atoms with Crippen LogP contribution in [0.25, 0.3) is 0 Å². The molecule has 3 saturated heterocycles. The third kappa shape index (κ3) is 8.42. The van der Waals surface area contributed by atoms with Gasteiger partial charge in [0.25, 0.3) is 0 Å². The van der Waals surface area contributed by atoms with Crippen molar-refractivity contribution in [2.75, 3.05) is 33.0 Å². The highest BCUT2D eigenvalue weighted by Crippen LogP contribution is 2.76. The van der Waals surface area contributed by atoms with Gasteiger partial charge in [0, 0.05) is 10.8 Å². The van der Waals surface area contributed by atoms with E-state index in [0.717, 1.165) is 38.5 Å². The number of fused-ring (bicyclic) bond motifs is 7. The topological polar surface area (TPSA) is 318 Å². The Kier molecular flexibility index (Phi) is 14.7. The van der Waals surface area contributed by atoms with Crippen molar-refractivity contribution in [3.8, 4) is 0 Å². The zero-order valence-corrected chi connectivity index (χ0v) is 39.8. The SMILES string of the molecule is CC1(C)CC[C@]2(CO[C@@H]3O[C@H](CO[C@@H]4O[C@H](CO)[C@@H](O)[C@H](O)[C@H]4O)[C@@H](O)[C@H](O)[C@H]3O)[C@@H](O)C[C@]3(C)C(=CC[C@@H]4[C@@]5(C)CC[C@H](O)[C@@](C)(CO[C@@H]6O[C@H](CO)[C@@H](O)[C@H](O)[C@H]6O)[C@@H]5CC[C@]43C)[C@@H]2C1. The number of hydrogen-bond donors (Lipinski definition) is 13. The highest BCUT2D eigenvalue weighted by molar-refractivity contribution is 5.35. The predicted molar refractivity (Wildman–Crippen MR) is 233 cm³/mol. The first-order valence-electron chi connectivity index (χ1n) is 24.6. The Hall–Kier alpha value is -1.02. The summed E-state index contributed by atoms with van der Waals surface area (Å²) in [6.07, 6.45) is -15.6. The van der Waals surface area contributed by atoms with E-state index < -0.39 is 140 Å². The van der Waals surface area contributed by atoms with E-state index in [4.69, 9.17) is 28.4 Å². The lowest BCUT2D eigenvalue weighted by Crippen LogP contribution is -2.68. The smallest absolute Gasteiger partial charge is 0.186 e. The maximum Gasteiger partial charge on any atom is 0.186 e. The van der Waals surface area contributed by atoms with Gasteiger partial charge in [-0.15, -0.1) is 0 Å². The molecule has 8 rings (SSSR count). The van der Waals surface area contributed by atoms with Gasteiger partial charge in [-0.3, -0.25) is 0 Å². The summed E-state index contributed by atoms with van der Waals surface area (Å²) in [5.41, 5.74) is -1.37. The second-order valence-electron chi connectivity index (χ2n) is 23.6. The van der Waals surface area contributed by atoms with Gasteiger partial charge in [0.05, 0.1) is 45.2 Å². The van der Waals surface area contributed by atoms with Crippen molar-refractivity contribution in [3.63, 3.8) is 0 Å². The molecule has 67 heavy (non-hydrogen) atoms. The summed E-state index contributed by atoms with van der Waals surface area (Å²) in [6.45, 7) is 11.7. The summed E-state index contributed by atoms with van der Waals surface area (Å²) in [4.78, 5) is 0. The fraction of sp³-hybridized carbons (Fsp3) is 0.958. The van der Waals surface area contributed by atoms with E-state index in [1.165, 1.54) is 5.57 Å². The lowest BCUT2D eigenvalue weighted by Gasteiger charge is -2.72. The van der Waals surface area contributed by atoms with Gasteiger partial charge >= 0.3 is 0 Å². The van der Waals surface area contributed by atoms with Gasteiger partial charge in [0.15, 0.2) is 18.9 Å². The molecule has 0 amide bonds. The molecule has 19 nitrogen and oxygen atoms in total. The summed E-state index contributed by atoms with van der Waals surface area (Å²) in [6, 6.07) is 0. The molecule has 13 N–H and O–H groups in total. The van der Waals surface area contributed by atoms with E-state index in [1.54, 1.807) is 0 Å². The number of ether oxygens (including phenoxy) is 6. The van der Waals surface area contributed by atoms with Gasteiger partial charge < -0.3 is 94.8 Å². The normalized spacial score (nSPS) is 55.4. The molecule has 8 aliphatic rings. The molecule has 19 heteroatoms. The third-order valence-corrected chi connectivity index (χ3v) is 19.5. The predicted octanol–water partition coefficient (Wildman–Crippen LogP) is -1.44. The highest BCUT2D eigenvalue weighted by Gasteiger charge is 2.71. The number of aliphatic hydroxyl groups excluding tert-OH is 13. The van der Waals surface area contributed by atoms with Crippen LogP contribution in [0.5, 0.6) is 0 Å². The minimum atomic E-state index is -1.73. The van der Waals surface area contributed by atoms with Crippen LogP contribution in [0.1, 0.15) is 99.3 Å². The molecule has 7 fully saturated rings. The lowest BCUT2D eigenvalue weighted by molar-refractivity contribution is -0.336. The summed E-state index contributed by atoms with van der Waals surface area (Å²) in [7, 11) is 0. The first-order valence-corrected chi connectivity index (χ1v) is 24.6. The Labute approximate surface area is 392 Å². The van der Waals surface area contributed by atoms with Crippen molar-refractivity contribution in [3.05, 3.63) is 11.6 Å². The summed E-state index contributed by atoms with van der Waals surface area (Å²) in [5.74, 6) is 0.0160. The Morgan fingerprint density at radius 3 is 1.63 bits per heavy atom. The molecule has 0 aromatic carbocycles. The molecule has 0 unspecified atom stereocenters. The van der Waals surface area contributed by atoms with E-state index in [2.05, 4.69) is 40.7 Å². The molecule has 0 aromatic rings. The Bertz CT molecular complexity index is 1770. The Morgan fingerprint density at radius 1 is 0.537 bits per heavy atom. The molecule has 0 aromatic heterocycles. The first kappa shape index (κ1) is 52.3. The van der Waals surface area contributed by atoms with Crippen molar-refractivity contribution in [1.82, 2.24) is 0 Å². The van der Waals surface area contributed by atoms with E-state index >= 15 is 0 Å². The second kappa shape index (κ2) is 18.8. The average Bonchev–Trinajstić information content (AvgIpc) is 3.28. The fourth-order valence-corrected chi connectivity index (χ4v) is 15.0. The van der Waals surface area contributed by atoms with Crippen LogP contribution in [-0.2, 0) is 28.4 Å². The molecule has 0 spiro atoms. The summed E-state index contributed by atoms with van der Waals surface area (Å²) in [5, 5.41) is 140. The lowest BCUT2D eigenvalue weighted by atomic mass is 9.33. The monoisotopic (exact) mass is 961 g/mol. The van der Waals surface area contributed by atoms with E-state index in [0.29, 0.717) is 19.3 Å². The zero-order valence-electron chi connectivity index (χ0n) is 39.8.